The predicted molar refractivity (Wildman–Crippen MR) is 58.2 cm³/mol. The zero-order valence-electron chi connectivity index (χ0n) is 9.03. The Morgan fingerprint density at radius 3 is 2.87 bits per heavy atom. The molecule has 0 spiro atoms. The molecule has 0 radical (unpaired) electrons. The molecule has 0 aliphatic rings. The van der Waals surface area contributed by atoms with E-state index in [0.717, 1.165) is 29.1 Å². The average Bonchev–Trinajstić information content (AvgIpc) is 2.83. The summed E-state index contributed by atoms with van der Waals surface area (Å²) in [6.07, 6.45) is 3.53. The summed E-state index contributed by atoms with van der Waals surface area (Å²) in [4.78, 5) is 0. The molecule has 2 heterocycles. The van der Waals surface area contributed by atoms with E-state index in [9.17, 15) is 0 Å². The number of aromatic nitrogens is 2. The third-order valence-corrected chi connectivity index (χ3v) is 2.62. The van der Waals surface area contributed by atoms with Crippen LogP contribution in [0.25, 0.3) is 11.1 Å². The van der Waals surface area contributed by atoms with E-state index in [1.54, 1.807) is 6.26 Å². The van der Waals surface area contributed by atoms with Crippen molar-refractivity contribution in [2.75, 3.05) is 0 Å². The minimum absolute atomic E-state index is 0.416. The maximum absolute atomic E-state index is 5.60. The summed E-state index contributed by atoms with van der Waals surface area (Å²) in [6, 6.07) is 1.94. The topological polar surface area (TPSA) is 57.0 Å². The van der Waals surface area contributed by atoms with Crippen molar-refractivity contribution in [1.29, 1.82) is 0 Å². The fraction of sp³-hybridized carbons (Fsp3) is 0.364. The molecular formula is C11H15N3O. The Morgan fingerprint density at radius 2 is 2.27 bits per heavy atom. The van der Waals surface area contributed by atoms with Gasteiger partial charge in [0.05, 0.1) is 19.0 Å². The molecule has 2 aromatic heterocycles. The first-order chi connectivity index (χ1) is 7.27. The van der Waals surface area contributed by atoms with Gasteiger partial charge in [0.25, 0.3) is 0 Å². The van der Waals surface area contributed by atoms with E-state index >= 15 is 0 Å². The molecule has 80 valence electrons. The van der Waals surface area contributed by atoms with Crippen LogP contribution in [0.15, 0.2) is 22.9 Å². The summed E-state index contributed by atoms with van der Waals surface area (Å²) in [5.74, 6) is 0.814. The maximum atomic E-state index is 5.60. The summed E-state index contributed by atoms with van der Waals surface area (Å²) in [5.41, 5.74) is 8.90. The van der Waals surface area contributed by atoms with Crippen molar-refractivity contribution < 1.29 is 4.42 Å². The lowest BCUT2D eigenvalue weighted by atomic mass is 10.1. The van der Waals surface area contributed by atoms with Crippen molar-refractivity contribution in [3.8, 4) is 11.1 Å². The molecule has 0 aliphatic carbocycles. The molecule has 0 unspecified atom stereocenters. The second-order valence-electron chi connectivity index (χ2n) is 3.42. The van der Waals surface area contributed by atoms with Crippen molar-refractivity contribution in [3.63, 3.8) is 0 Å². The van der Waals surface area contributed by atoms with Crippen molar-refractivity contribution in [2.45, 2.75) is 26.9 Å². The van der Waals surface area contributed by atoms with E-state index in [4.69, 9.17) is 10.2 Å². The van der Waals surface area contributed by atoms with Gasteiger partial charge in [-0.25, -0.2) is 0 Å². The maximum Gasteiger partial charge on any atom is 0.125 e. The first-order valence-corrected chi connectivity index (χ1v) is 5.07. The van der Waals surface area contributed by atoms with Gasteiger partial charge >= 0.3 is 0 Å². The number of rotatable bonds is 3. The molecule has 0 saturated heterocycles. The van der Waals surface area contributed by atoms with Gasteiger partial charge in [0.1, 0.15) is 5.76 Å². The Labute approximate surface area is 88.7 Å². The summed E-state index contributed by atoms with van der Waals surface area (Å²) in [6.45, 7) is 5.42. The molecule has 0 aromatic carbocycles. The van der Waals surface area contributed by atoms with Crippen LogP contribution in [0.4, 0.5) is 0 Å². The van der Waals surface area contributed by atoms with Gasteiger partial charge in [-0.1, -0.05) is 0 Å². The van der Waals surface area contributed by atoms with Gasteiger partial charge in [0.2, 0.25) is 0 Å². The Kier molecular flexibility index (Phi) is 2.60. The zero-order valence-corrected chi connectivity index (χ0v) is 9.03. The van der Waals surface area contributed by atoms with Crippen LogP contribution in [0.3, 0.4) is 0 Å². The lowest BCUT2D eigenvalue weighted by Gasteiger charge is -2.01. The van der Waals surface area contributed by atoms with Crippen LogP contribution >= 0.6 is 0 Å². The van der Waals surface area contributed by atoms with Crippen LogP contribution in [-0.2, 0) is 13.1 Å². The Hall–Kier alpha value is -1.55. The molecule has 4 nitrogen and oxygen atoms in total. The molecule has 0 aliphatic heterocycles. The molecule has 2 N–H and O–H groups in total. The lowest BCUT2D eigenvalue weighted by Crippen LogP contribution is -1.99. The van der Waals surface area contributed by atoms with Gasteiger partial charge in [-0.2, -0.15) is 5.10 Å². The van der Waals surface area contributed by atoms with Gasteiger partial charge < -0.3 is 10.2 Å². The van der Waals surface area contributed by atoms with E-state index < -0.39 is 0 Å². The Morgan fingerprint density at radius 1 is 1.47 bits per heavy atom. The molecule has 2 aromatic rings. The number of nitrogens with zero attached hydrogens (tertiary/aromatic N) is 2. The highest BCUT2D eigenvalue weighted by atomic mass is 16.3. The minimum atomic E-state index is 0.416. The molecule has 15 heavy (non-hydrogen) atoms. The monoisotopic (exact) mass is 205 g/mol. The largest absolute Gasteiger partial charge is 0.467 e. The Bertz CT molecular complexity index is 456. The zero-order chi connectivity index (χ0) is 10.8. The van der Waals surface area contributed by atoms with Gasteiger partial charge in [-0.15, -0.1) is 0 Å². The highest BCUT2D eigenvalue weighted by Crippen LogP contribution is 2.27. The van der Waals surface area contributed by atoms with Crippen molar-refractivity contribution >= 4 is 0 Å². The summed E-state index contributed by atoms with van der Waals surface area (Å²) in [7, 11) is 0. The normalized spacial score (nSPS) is 10.9. The third kappa shape index (κ3) is 1.57. The van der Waals surface area contributed by atoms with Crippen LogP contribution in [0.5, 0.6) is 0 Å². The van der Waals surface area contributed by atoms with Gasteiger partial charge in [-0.3, -0.25) is 4.68 Å². The molecule has 0 atom stereocenters. The number of nitrogens with two attached hydrogens (primary N) is 1. The average molecular weight is 205 g/mol. The van der Waals surface area contributed by atoms with E-state index in [2.05, 4.69) is 18.9 Å². The van der Waals surface area contributed by atoms with Crippen LogP contribution in [-0.4, -0.2) is 9.78 Å². The SMILES string of the molecule is CCn1ncc(-c2ccoc2CN)c1C. The first-order valence-electron chi connectivity index (χ1n) is 5.07. The quantitative estimate of drug-likeness (QED) is 0.833. The summed E-state index contributed by atoms with van der Waals surface area (Å²) < 4.78 is 7.27. The predicted octanol–water partition coefficient (Wildman–Crippen LogP) is 1.93. The number of hydrogen-bond donors (Lipinski definition) is 1. The fourth-order valence-electron chi connectivity index (χ4n) is 1.77. The number of aryl methyl sites for hydroxylation is 1. The molecule has 2 rings (SSSR count). The standard InChI is InChI=1S/C11H15N3O/c1-3-14-8(2)10(7-13-14)9-4-5-15-11(9)6-12/h4-5,7H,3,6,12H2,1-2H3. The highest BCUT2D eigenvalue weighted by molar-refractivity contribution is 5.67. The molecule has 4 heteroatoms. The van der Waals surface area contributed by atoms with Gasteiger partial charge in [0, 0.05) is 23.4 Å². The van der Waals surface area contributed by atoms with E-state index in [1.165, 1.54) is 0 Å². The van der Waals surface area contributed by atoms with Crippen molar-refractivity contribution in [1.82, 2.24) is 9.78 Å². The second kappa shape index (κ2) is 3.90. The Balaban J connectivity index is 2.49. The number of hydrogen-bond acceptors (Lipinski definition) is 3. The van der Waals surface area contributed by atoms with Crippen LogP contribution < -0.4 is 5.73 Å². The van der Waals surface area contributed by atoms with Crippen molar-refractivity contribution in [3.05, 3.63) is 30.0 Å². The van der Waals surface area contributed by atoms with Crippen molar-refractivity contribution in [2.24, 2.45) is 5.73 Å². The summed E-state index contributed by atoms with van der Waals surface area (Å²) in [5, 5.41) is 4.30. The van der Waals surface area contributed by atoms with E-state index in [0.29, 0.717) is 6.54 Å². The second-order valence-corrected chi connectivity index (χ2v) is 3.42. The van der Waals surface area contributed by atoms with Gasteiger partial charge in [-0.05, 0) is 19.9 Å². The van der Waals surface area contributed by atoms with Crippen LogP contribution in [0.2, 0.25) is 0 Å². The molecule has 0 saturated carbocycles. The minimum Gasteiger partial charge on any atom is -0.467 e. The first kappa shape index (κ1) is 9.98. The molecule has 0 fully saturated rings. The number of furan rings is 1. The lowest BCUT2D eigenvalue weighted by molar-refractivity contribution is 0.513. The smallest absolute Gasteiger partial charge is 0.125 e. The third-order valence-electron chi connectivity index (χ3n) is 2.62. The highest BCUT2D eigenvalue weighted by Gasteiger charge is 2.12. The molecular weight excluding hydrogens is 190 g/mol. The van der Waals surface area contributed by atoms with Crippen LogP contribution in [0.1, 0.15) is 18.4 Å². The molecule has 0 bridgehead atoms. The summed E-state index contributed by atoms with van der Waals surface area (Å²) >= 11 is 0. The van der Waals surface area contributed by atoms with Crippen LogP contribution in [0, 0.1) is 6.92 Å². The fourth-order valence-corrected chi connectivity index (χ4v) is 1.77. The van der Waals surface area contributed by atoms with E-state index in [1.807, 2.05) is 16.9 Å². The molecule has 0 amide bonds. The van der Waals surface area contributed by atoms with E-state index in [-0.39, 0.29) is 0 Å². The van der Waals surface area contributed by atoms with Gasteiger partial charge in [0.15, 0.2) is 0 Å².